The standard InChI is InChI=1S/C20H21ClI2N4O2/c21-17-4-2-1-3-14(17)12-26-5-7-27(8-6-26)13-19(28)25-24-11-15-9-16(22)10-18(23)20(15)29/h1-4,9-11,29H,5-8,12-13H2,(H,25,28)/b24-11+. The van der Waals surface area contributed by atoms with Gasteiger partial charge in [-0.2, -0.15) is 5.10 Å². The molecule has 0 saturated carbocycles. The number of phenols is 1. The highest BCUT2D eigenvalue weighted by atomic mass is 127. The number of phenolic OH excluding ortho intramolecular Hbond substituents is 1. The fourth-order valence-corrected chi connectivity index (χ4v) is 5.15. The van der Waals surface area contributed by atoms with E-state index >= 15 is 0 Å². The van der Waals surface area contributed by atoms with E-state index < -0.39 is 0 Å². The third kappa shape index (κ3) is 6.78. The Kier molecular flexibility index (Phi) is 8.54. The summed E-state index contributed by atoms with van der Waals surface area (Å²) in [7, 11) is 0. The minimum absolute atomic E-state index is 0.165. The molecule has 1 heterocycles. The van der Waals surface area contributed by atoms with E-state index in [9.17, 15) is 9.90 Å². The largest absolute Gasteiger partial charge is 0.506 e. The first kappa shape index (κ1) is 22.7. The van der Waals surface area contributed by atoms with Crippen molar-refractivity contribution in [1.82, 2.24) is 15.2 Å². The van der Waals surface area contributed by atoms with Crippen LogP contribution in [0.25, 0.3) is 0 Å². The van der Waals surface area contributed by atoms with Crippen LogP contribution in [0.1, 0.15) is 11.1 Å². The van der Waals surface area contributed by atoms with E-state index in [2.05, 4.69) is 65.5 Å². The lowest BCUT2D eigenvalue weighted by molar-refractivity contribution is -0.122. The number of nitrogens with one attached hydrogen (secondary N) is 1. The molecule has 1 aliphatic heterocycles. The van der Waals surface area contributed by atoms with Crippen LogP contribution in [-0.4, -0.2) is 59.8 Å². The highest BCUT2D eigenvalue weighted by molar-refractivity contribution is 14.1. The van der Waals surface area contributed by atoms with Gasteiger partial charge in [0.15, 0.2) is 0 Å². The summed E-state index contributed by atoms with van der Waals surface area (Å²) in [6.45, 7) is 4.53. The van der Waals surface area contributed by atoms with Crippen LogP contribution in [0.3, 0.4) is 0 Å². The van der Waals surface area contributed by atoms with Crippen LogP contribution in [-0.2, 0) is 11.3 Å². The summed E-state index contributed by atoms with van der Waals surface area (Å²) in [6, 6.07) is 11.6. The van der Waals surface area contributed by atoms with Crippen LogP contribution < -0.4 is 5.43 Å². The Labute approximate surface area is 202 Å². The second-order valence-electron chi connectivity index (χ2n) is 6.76. The number of aromatic hydroxyl groups is 1. The minimum atomic E-state index is -0.166. The molecule has 1 saturated heterocycles. The molecule has 0 radical (unpaired) electrons. The number of carbonyl (C=O) groups is 1. The molecule has 3 rings (SSSR count). The van der Waals surface area contributed by atoms with Crippen molar-refractivity contribution in [3.63, 3.8) is 0 Å². The van der Waals surface area contributed by atoms with E-state index in [1.54, 1.807) is 0 Å². The fourth-order valence-electron chi connectivity index (χ4n) is 3.07. The summed E-state index contributed by atoms with van der Waals surface area (Å²) in [4.78, 5) is 16.6. The van der Waals surface area contributed by atoms with Crippen LogP contribution in [0.5, 0.6) is 5.75 Å². The quantitative estimate of drug-likeness (QED) is 0.289. The van der Waals surface area contributed by atoms with Crippen molar-refractivity contribution < 1.29 is 9.90 Å². The summed E-state index contributed by atoms with van der Waals surface area (Å²) >= 11 is 10.5. The highest BCUT2D eigenvalue weighted by Crippen LogP contribution is 2.25. The van der Waals surface area contributed by atoms with Gasteiger partial charge in [-0.3, -0.25) is 14.6 Å². The maximum Gasteiger partial charge on any atom is 0.254 e. The first-order chi connectivity index (χ1) is 13.9. The predicted octanol–water partition coefficient (Wildman–Crippen LogP) is 3.52. The molecule has 1 fully saturated rings. The summed E-state index contributed by atoms with van der Waals surface area (Å²) in [6.07, 6.45) is 1.47. The smallest absolute Gasteiger partial charge is 0.254 e. The molecule has 2 aromatic carbocycles. The Morgan fingerprint density at radius 2 is 1.86 bits per heavy atom. The third-order valence-corrected chi connectivity index (χ3v) is 6.45. The van der Waals surface area contributed by atoms with Crippen molar-refractivity contribution in [2.75, 3.05) is 32.7 Å². The molecule has 9 heteroatoms. The van der Waals surface area contributed by atoms with E-state index in [-0.39, 0.29) is 11.7 Å². The number of piperazine rings is 1. The van der Waals surface area contributed by atoms with Crippen LogP contribution in [0, 0.1) is 7.14 Å². The van der Waals surface area contributed by atoms with Crippen molar-refractivity contribution in [2.24, 2.45) is 5.10 Å². The molecule has 2 N–H and O–H groups in total. The third-order valence-electron chi connectivity index (χ3n) is 4.63. The number of hydrogen-bond acceptors (Lipinski definition) is 5. The van der Waals surface area contributed by atoms with Gasteiger partial charge >= 0.3 is 0 Å². The maximum absolute atomic E-state index is 12.2. The number of rotatable bonds is 6. The van der Waals surface area contributed by atoms with Gasteiger partial charge < -0.3 is 5.11 Å². The summed E-state index contributed by atoms with van der Waals surface area (Å²) in [5, 5.41) is 14.8. The lowest BCUT2D eigenvalue weighted by atomic mass is 10.2. The fraction of sp³-hybridized carbons (Fsp3) is 0.300. The van der Waals surface area contributed by atoms with Gasteiger partial charge in [0.1, 0.15) is 5.75 Å². The van der Waals surface area contributed by atoms with Crippen LogP contribution in [0.4, 0.5) is 0 Å². The number of halogens is 3. The summed E-state index contributed by atoms with van der Waals surface area (Å²) < 4.78 is 1.74. The molecular formula is C20H21ClI2N4O2. The Hall–Kier alpha value is -0.950. The summed E-state index contributed by atoms with van der Waals surface area (Å²) in [5.74, 6) is -0.000671. The zero-order valence-corrected chi connectivity index (χ0v) is 20.7. The molecule has 0 bridgehead atoms. The average molecular weight is 639 g/mol. The number of hydrogen-bond donors (Lipinski definition) is 2. The Balaban J connectivity index is 1.44. The molecule has 0 unspecified atom stereocenters. The second kappa shape index (κ2) is 10.9. The molecule has 0 spiro atoms. The molecule has 0 atom stereocenters. The van der Waals surface area contributed by atoms with Crippen molar-refractivity contribution in [3.8, 4) is 5.75 Å². The monoisotopic (exact) mass is 638 g/mol. The summed E-state index contributed by atoms with van der Waals surface area (Å²) in [5.41, 5.74) is 4.25. The van der Waals surface area contributed by atoms with Crippen molar-refractivity contribution in [3.05, 3.63) is 59.7 Å². The minimum Gasteiger partial charge on any atom is -0.506 e. The number of benzene rings is 2. The first-order valence-electron chi connectivity index (χ1n) is 9.10. The van der Waals surface area contributed by atoms with Crippen LogP contribution in [0.15, 0.2) is 41.5 Å². The van der Waals surface area contributed by atoms with Gasteiger partial charge in [-0.15, -0.1) is 0 Å². The SMILES string of the molecule is O=C(CN1CCN(Cc2ccccc2Cl)CC1)N/N=C/c1cc(I)cc(I)c1O. The predicted molar refractivity (Wildman–Crippen MR) is 132 cm³/mol. The molecule has 6 nitrogen and oxygen atoms in total. The van der Waals surface area contributed by atoms with Crippen LogP contribution in [0.2, 0.25) is 5.02 Å². The van der Waals surface area contributed by atoms with Gasteiger partial charge in [-0.1, -0.05) is 29.8 Å². The Morgan fingerprint density at radius 3 is 2.59 bits per heavy atom. The average Bonchev–Trinajstić information content (AvgIpc) is 2.69. The maximum atomic E-state index is 12.2. The molecule has 29 heavy (non-hydrogen) atoms. The second-order valence-corrected chi connectivity index (χ2v) is 9.58. The number of nitrogens with zero attached hydrogens (tertiary/aromatic N) is 3. The van der Waals surface area contributed by atoms with Crippen LogP contribution >= 0.6 is 56.8 Å². The van der Waals surface area contributed by atoms with E-state index in [1.807, 2.05) is 36.4 Å². The van der Waals surface area contributed by atoms with Gasteiger partial charge in [-0.05, 0) is 68.9 Å². The lowest BCUT2D eigenvalue weighted by Gasteiger charge is -2.34. The zero-order chi connectivity index (χ0) is 20.8. The van der Waals surface area contributed by atoms with Gasteiger partial charge in [0, 0.05) is 46.9 Å². The molecule has 1 aliphatic rings. The van der Waals surface area contributed by atoms with Gasteiger partial charge in [0.2, 0.25) is 0 Å². The van der Waals surface area contributed by atoms with Crippen molar-refractivity contribution in [1.29, 1.82) is 0 Å². The topological polar surface area (TPSA) is 68.2 Å². The van der Waals surface area contributed by atoms with Gasteiger partial charge in [-0.25, -0.2) is 5.43 Å². The number of hydrazone groups is 1. The molecule has 0 aliphatic carbocycles. The molecule has 0 aromatic heterocycles. The van der Waals surface area contributed by atoms with E-state index in [0.29, 0.717) is 12.1 Å². The van der Waals surface area contributed by atoms with E-state index in [1.165, 1.54) is 6.21 Å². The molecule has 154 valence electrons. The molecule has 2 aromatic rings. The molecular weight excluding hydrogens is 618 g/mol. The van der Waals surface area contributed by atoms with E-state index in [0.717, 1.165) is 50.5 Å². The lowest BCUT2D eigenvalue weighted by Crippen LogP contribution is -2.48. The zero-order valence-electron chi connectivity index (χ0n) is 15.6. The Bertz CT molecular complexity index is 902. The number of carbonyl (C=O) groups excluding carboxylic acids is 1. The van der Waals surface area contributed by atoms with Gasteiger partial charge in [0.05, 0.1) is 16.3 Å². The highest BCUT2D eigenvalue weighted by Gasteiger charge is 2.19. The van der Waals surface area contributed by atoms with Gasteiger partial charge in [0.25, 0.3) is 5.91 Å². The Morgan fingerprint density at radius 1 is 1.17 bits per heavy atom. The molecule has 1 amide bonds. The van der Waals surface area contributed by atoms with Crippen molar-refractivity contribution >= 4 is 68.9 Å². The van der Waals surface area contributed by atoms with E-state index in [4.69, 9.17) is 11.6 Å². The van der Waals surface area contributed by atoms with Crippen molar-refractivity contribution in [2.45, 2.75) is 6.54 Å². The first-order valence-corrected chi connectivity index (χ1v) is 11.6. The number of amides is 1. The normalized spacial score (nSPS) is 15.7.